The van der Waals surface area contributed by atoms with Crippen molar-refractivity contribution in [2.75, 3.05) is 38.7 Å². The second kappa shape index (κ2) is 11.7. The van der Waals surface area contributed by atoms with Crippen molar-refractivity contribution in [1.29, 1.82) is 10.8 Å². The van der Waals surface area contributed by atoms with Crippen LogP contribution in [0.15, 0.2) is 35.7 Å². The number of anilines is 1. The quantitative estimate of drug-likeness (QED) is 0.278. The Labute approximate surface area is 198 Å². The lowest BCUT2D eigenvalue weighted by atomic mass is 9.99. The van der Waals surface area contributed by atoms with Crippen LogP contribution in [0.1, 0.15) is 43.7 Å². The van der Waals surface area contributed by atoms with Gasteiger partial charge in [-0.1, -0.05) is 13.0 Å². The molecule has 184 valence electrons. The molecule has 1 saturated heterocycles. The van der Waals surface area contributed by atoms with Crippen LogP contribution in [0.4, 0.5) is 14.5 Å². The van der Waals surface area contributed by atoms with E-state index in [0.29, 0.717) is 49.4 Å². The molecule has 0 radical (unpaired) electrons. The Kier molecular flexibility index (Phi) is 8.75. The van der Waals surface area contributed by atoms with Crippen molar-refractivity contribution in [3.05, 3.63) is 46.8 Å². The smallest absolute Gasteiger partial charge is 0.264 e. The fourth-order valence-electron chi connectivity index (χ4n) is 4.14. The number of halogens is 2. The summed E-state index contributed by atoms with van der Waals surface area (Å²) in [6.07, 6.45) is 1.58. The first-order chi connectivity index (χ1) is 16.4. The zero-order valence-electron chi connectivity index (χ0n) is 19.5. The predicted molar refractivity (Wildman–Crippen MR) is 129 cm³/mol. The lowest BCUT2D eigenvalue weighted by Gasteiger charge is -2.32. The van der Waals surface area contributed by atoms with Crippen LogP contribution < -0.4 is 16.0 Å². The van der Waals surface area contributed by atoms with Crippen molar-refractivity contribution in [2.24, 2.45) is 0 Å². The fourth-order valence-corrected chi connectivity index (χ4v) is 4.14. The first-order valence-electron chi connectivity index (χ1n) is 11.4. The summed E-state index contributed by atoms with van der Waals surface area (Å²) < 4.78 is 33.1. The highest BCUT2D eigenvalue weighted by Gasteiger charge is 2.27. The molecule has 0 spiro atoms. The largest absolute Gasteiger partial charge is 0.393 e. The van der Waals surface area contributed by atoms with E-state index in [1.807, 2.05) is 0 Å². The van der Waals surface area contributed by atoms with Crippen molar-refractivity contribution in [3.63, 3.8) is 0 Å². The van der Waals surface area contributed by atoms with E-state index in [2.05, 4.69) is 16.0 Å². The minimum atomic E-state index is -2.75. The molecule has 1 aromatic carbocycles. The van der Waals surface area contributed by atoms with Crippen LogP contribution >= 0.6 is 0 Å². The molecule has 1 fully saturated rings. The van der Waals surface area contributed by atoms with Gasteiger partial charge in [0, 0.05) is 73.5 Å². The molecule has 2 aliphatic rings. The van der Waals surface area contributed by atoms with Gasteiger partial charge in [0.25, 0.3) is 6.43 Å². The highest BCUT2D eigenvalue weighted by Crippen LogP contribution is 2.30. The number of carbonyl (C=O) groups excluding carboxylic acids is 1. The summed E-state index contributed by atoms with van der Waals surface area (Å²) in [6.45, 7) is 3.91. The molecule has 0 aromatic heterocycles. The van der Waals surface area contributed by atoms with Gasteiger partial charge in [-0.3, -0.25) is 10.2 Å². The van der Waals surface area contributed by atoms with Crippen molar-refractivity contribution < 1.29 is 18.3 Å². The highest BCUT2D eigenvalue weighted by atomic mass is 19.3. The van der Waals surface area contributed by atoms with E-state index in [1.54, 1.807) is 24.9 Å². The van der Waals surface area contributed by atoms with Crippen LogP contribution in [0.25, 0.3) is 5.57 Å². The number of nitrogens with zero attached hydrogens (tertiary/aromatic N) is 1. The van der Waals surface area contributed by atoms with Gasteiger partial charge in [-0.15, -0.1) is 0 Å². The number of rotatable bonds is 9. The SMILES string of the molecule is CCC(=O)N1CCC(NC2CCOC2)=C(C(=N)Nc2ccc(/C(C=N)=C/NC)c(C(F)F)c2)C1. The van der Waals surface area contributed by atoms with Crippen LogP contribution in [-0.2, 0) is 9.53 Å². The van der Waals surface area contributed by atoms with Crippen molar-refractivity contribution in [1.82, 2.24) is 15.5 Å². The maximum Gasteiger partial charge on any atom is 0.264 e. The summed E-state index contributed by atoms with van der Waals surface area (Å²) >= 11 is 0. The predicted octanol–water partition coefficient (Wildman–Crippen LogP) is 3.50. The monoisotopic (exact) mass is 474 g/mol. The standard InChI is InChI=1S/C24H32F2N6O2/c1-3-22(33)32-8-6-21(30-17-7-9-34-14-17)20(13-32)24(28)31-16-4-5-18(15(11-27)12-29-2)19(10-16)23(25)26/h4-5,10-12,17,23,27,29-30H,3,6-9,13-14H2,1-2H3,(H2,28,31)/b15-12+,27-11?. The molecular formula is C24H32F2N6O2. The number of allylic oxidation sites excluding steroid dienone is 1. The number of ether oxygens (including phenoxy) is 1. The second-order valence-corrected chi connectivity index (χ2v) is 8.22. The molecule has 1 atom stereocenters. The Bertz CT molecular complexity index is 986. The molecule has 0 bridgehead atoms. The van der Waals surface area contributed by atoms with E-state index in [-0.39, 0.29) is 35.5 Å². The van der Waals surface area contributed by atoms with Gasteiger partial charge in [0.15, 0.2) is 0 Å². The van der Waals surface area contributed by atoms with E-state index in [0.717, 1.165) is 18.3 Å². The maximum absolute atomic E-state index is 13.8. The minimum Gasteiger partial charge on any atom is -0.393 e. The summed E-state index contributed by atoms with van der Waals surface area (Å²) in [4.78, 5) is 14.0. The number of amidine groups is 1. The fraction of sp³-hybridized carbons (Fsp3) is 0.458. The van der Waals surface area contributed by atoms with Crippen LogP contribution in [0.3, 0.4) is 0 Å². The first-order valence-corrected chi connectivity index (χ1v) is 11.4. The number of amides is 1. The van der Waals surface area contributed by atoms with Gasteiger partial charge < -0.3 is 31.0 Å². The molecule has 8 nitrogen and oxygen atoms in total. The molecule has 1 amide bonds. The molecule has 34 heavy (non-hydrogen) atoms. The Morgan fingerprint density at radius 2 is 2.18 bits per heavy atom. The average Bonchev–Trinajstić information content (AvgIpc) is 3.35. The molecule has 2 aliphatic heterocycles. The molecule has 1 aromatic rings. The summed E-state index contributed by atoms with van der Waals surface area (Å²) in [5.41, 5.74) is 2.20. The van der Waals surface area contributed by atoms with Gasteiger partial charge in [-0.2, -0.15) is 0 Å². The zero-order chi connectivity index (χ0) is 24.7. The number of benzene rings is 1. The topological polar surface area (TPSA) is 113 Å². The first kappa shape index (κ1) is 25.4. The van der Waals surface area contributed by atoms with Crippen LogP contribution in [0, 0.1) is 10.8 Å². The zero-order valence-corrected chi connectivity index (χ0v) is 19.5. The van der Waals surface area contributed by atoms with Gasteiger partial charge in [0.2, 0.25) is 5.91 Å². The molecule has 0 aliphatic carbocycles. The molecule has 1 unspecified atom stereocenters. The third-order valence-electron chi connectivity index (χ3n) is 5.93. The van der Waals surface area contributed by atoms with Crippen LogP contribution in [0.2, 0.25) is 0 Å². The number of hydrogen-bond acceptors (Lipinski definition) is 6. The Balaban J connectivity index is 1.88. The minimum absolute atomic E-state index is 0.00776. The Morgan fingerprint density at radius 1 is 1.38 bits per heavy atom. The summed E-state index contributed by atoms with van der Waals surface area (Å²) in [5, 5.41) is 25.4. The third kappa shape index (κ3) is 5.99. The van der Waals surface area contributed by atoms with Gasteiger partial charge in [-0.25, -0.2) is 8.78 Å². The van der Waals surface area contributed by atoms with E-state index in [9.17, 15) is 13.6 Å². The van der Waals surface area contributed by atoms with Gasteiger partial charge in [0.1, 0.15) is 5.84 Å². The maximum atomic E-state index is 13.8. The Morgan fingerprint density at radius 3 is 2.79 bits per heavy atom. The molecule has 0 saturated carbocycles. The molecule has 2 heterocycles. The van der Waals surface area contributed by atoms with Gasteiger partial charge in [0.05, 0.1) is 19.2 Å². The number of nitrogens with one attached hydrogen (secondary N) is 5. The van der Waals surface area contributed by atoms with Gasteiger partial charge in [-0.05, 0) is 24.1 Å². The van der Waals surface area contributed by atoms with Crippen molar-refractivity contribution in [3.8, 4) is 0 Å². The van der Waals surface area contributed by atoms with E-state index < -0.39 is 6.43 Å². The number of carbonyl (C=O) groups is 1. The molecule has 10 heteroatoms. The van der Waals surface area contributed by atoms with Crippen molar-refractivity contribution >= 4 is 29.2 Å². The second-order valence-electron chi connectivity index (χ2n) is 8.22. The lowest BCUT2D eigenvalue weighted by Crippen LogP contribution is -2.43. The van der Waals surface area contributed by atoms with Crippen molar-refractivity contribution in [2.45, 2.75) is 38.7 Å². The molecular weight excluding hydrogens is 442 g/mol. The van der Waals surface area contributed by atoms with E-state index in [1.165, 1.54) is 18.3 Å². The molecule has 3 rings (SSSR count). The summed E-state index contributed by atoms with van der Waals surface area (Å²) in [7, 11) is 1.64. The average molecular weight is 475 g/mol. The van der Waals surface area contributed by atoms with Gasteiger partial charge >= 0.3 is 0 Å². The number of alkyl halides is 2. The van der Waals surface area contributed by atoms with E-state index >= 15 is 0 Å². The third-order valence-corrected chi connectivity index (χ3v) is 5.93. The summed E-state index contributed by atoms with van der Waals surface area (Å²) in [5.74, 6) is 0.0643. The van der Waals surface area contributed by atoms with E-state index in [4.69, 9.17) is 15.6 Å². The van der Waals surface area contributed by atoms with Crippen LogP contribution in [-0.4, -0.2) is 62.3 Å². The molecule has 5 N–H and O–H groups in total. The summed E-state index contributed by atoms with van der Waals surface area (Å²) in [6, 6.07) is 4.58. The van der Waals surface area contributed by atoms with Crippen LogP contribution in [0.5, 0.6) is 0 Å². The lowest BCUT2D eigenvalue weighted by molar-refractivity contribution is -0.130. The Hall–Kier alpha value is -3.27. The highest BCUT2D eigenvalue weighted by molar-refractivity contribution is 6.10. The number of hydrogen-bond donors (Lipinski definition) is 5. The normalized spacial score (nSPS) is 18.8.